The highest BCUT2D eigenvalue weighted by Crippen LogP contribution is 2.35. The van der Waals surface area contributed by atoms with Gasteiger partial charge in [-0.25, -0.2) is 0 Å². The van der Waals surface area contributed by atoms with Gasteiger partial charge in [-0.15, -0.1) is 0 Å². The van der Waals surface area contributed by atoms with Crippen molar-refractivity contribution >= 4 is 29.3 Å². The van der Waals surface area contributed by atoms with E-state index in [0.717, 1.165) is 32.4 Å². The molecule has 1 N–H and O–H groups in total. The monoisotopic (exact) mass is 409 g/mol. The fourth-order valence-corrected chi connectivity index (χ4v) is 4.56. The normalized spacial score (nSPS) is 23.5. The van der Waals surface area contributed by atoms with Gasteiger partial charge < -0.3 is 10.2 Å². The van der Waals surface area contributed by atoms with Crippen molar-refractivity contribution in [2.24, 2.45) is 11.8 Å². The van der Waals surface area contributed by atoms with Crippen molar-refractivity contribution in [2.75, 3.05) is 25.0 Å². The molecule has 2 heterocycles. The molecule has 30 heavy (non-hydrogen) atoms. The number of benzene rings is 1. The largest absolute Gasteiger partial charge is 0.339 e. The van der Waals surface area contributed by atoms with Gasteiger partial charge in [-0.1, -0.05) is 24.3 Å². The molecule has 2 saturated heterocycles. The van der Waals surface area contributed by atoms with E-state index in [1.54, 1.807) is 24.3 Å². The summed E-state index contributed by atoms with van der Waals surface area (Å²) in [6.07, 6.45) is 8.20. The summed E-state index contributed by atoms with van der Waals surface area (Å²) in [5.74, 6) is -1.32. The van der Waals surface area contributed by atoms with Crippen LogP contribution in [0.3, 0.4) is 0 Å². The molecule has 0 saturated carbocycles. The van der Waals surface area contributed by atoms with Crippen molar-refractivity contribution in [3.8, 4) is 0 Å². The molecule has 0 aromatic heterocycles. The summed E-state index contributed by atoms with van der Waals surface area (Å²) in [6.45, 7) is 1.54. The molecule has 1 aliphatic carbocycles. The molecule has 2 fully saturated rings. The van der Waals surface area contributed by atoms with Gasteiger partial charge in [-0.3, -0.25) is 24.1 Å². The first-order valence-electron chi connectivity index (χ1n) is 10.7. The molecular formula is C23H27N3O4. The number of amides is 4. The lowest BCUT2D eigenvalue weighted by Crippen LogP contribution is -2.36. The van der Waals surface area contributed by atoms with Crippen molar-refractivity contribution in [2.45, 2.75) is 38.5 Å². The summed E-state index contributed by atoms with van der Waals surface area (Å²) in [5.41, 5.74) is 0.938. The number of nitrogens with zero attached hydrogens (tertiary/aromatic N) is 2. The van der Waals surface area contributed by atoms with E-state index in [1.165, 1.54) is 4.90 Å². The van der Waals surface area contributed by atoms with E-state index >= 15 is 0 Å². The van der Waals surface area contributed by atoms with Crippen LogP contribution in [-0.2, 0) is 14.4 Å². The first-order chi connectivity index (χ1) is 14.6. The molecule has 0 bridgehead atoms. The quantitative estimate of drug-likeness (QED) is 0.598. The number of piperidine rings is 1. The number of allylic oxidation sites excluding steroid dienone is 2. The summed E-state index contributed by atoms with van der Waals surface area (Å²) in [4.78, 5) is 53.5. The minimum atomic E-state index is -0.317. The zero-order valence-electron chi connectivity index (χ0n) is 17.0. The van der Waals surface area contributed by atoms with Crippen LogP contribution in [0.15, 0.2) is 36.4 Å². The predicted octanol–water partition coefficient (Wildman–Crippen LogP) is 2.59. The van der Waals surface area contributed by atoms with Crippen LogP contribution in [0.4, 0.5) is 5.69 Å². The Bertz CT molecular complexity index is 862. The fraction of sp³-hybridized carbons (Fsp3) is 0.478. The van der Waals surface area contributed by atoms with Crippen LogP contribution in [0.5, 0.6) is 0 Å². The Hall–Kier alpha value is -2.96. The number of hydrogen-bond acceptors (Lipinski definition) is 4. The zero-order valence-corrected chi connectivity index (χ0v) is 17.0. The average molecular weight is 409 g/mol. The molecule has 7 nitrogen and oxygen atoms in total. The zero-order chi connectivity index (χ0) is 21.1. The van der Waals surface area contributed by atoms with Gasteiger partial charge in [0, 0.05) is 26.1 Å². The van der Waals surface area contributed by atoms with Crippen LogP contribution >= 0.6 is 0 Å². The summed E-state index contributed by atoms with van der Waals surface area (Å²) in [6, 6.07) is 6.98. The third-order valence-corrected chi connectivity index (χ3v) is 6.24. The third-order valence-electron chi connectivity index (χ3n) is 6.24. The Morgan fingerprint density at radius 1 is 0.933 bits per heavy atom. The summed E-state index contributed by atoms with van der Waals surface area (Å²) in [5, 5.41) is 2.80. The van der Waals surface area contributed by atoms with Crippen molar-refractivity contribution in [1.29, 1.82) is 0 Å². The van der Waals surface area contributed by atoms with E-state index < -0.39 is 0 Å². The van der Waals surface area contributed by atoms with Gasteiger partial charge in [0.1, 0.15) is 0 Å². The van der Waals surface area contributed by atoms with E-state index in [4.69, 9.17) is 0 Å². The number of anilines is 1. The topological polar surface area (TPSA) is 86.8 Å². The Kier molecular flexibility index (Phi) is 5.97. The lowest BCUT2D eigenvalue weighted by Gasteiger charge is -2.27. The van der Waals surface area contributed by atoms with Crippen molar-refractivity contribution < 1.29 is 19.2 Å². The SMILES string of the molecule is O=C(CCN1C(=O)[C@@H]2CC=CC[C@H]2C1=O)Nc1ccccc1C(=O)N1CCCCC1. The second-order valence-corrected chi connectivity index (χ2v) is 8.18. The Labute approximate surface area is 176 Å². The van der Waals surface area contributed by atoms with E-state index in [9.17, 15) is 19.2 Å². The number of fused-ring (bicyclic) bond motifs is 1. The minimum absolute atomic E-state index is 0.0105. The number of carbonyl (C=O) groups excluding carboxylic acids is 4. The molecule has 4 amide bonds. The molecule has 0 spiro atoms. The number of para-hydroxylation sites is 1. The van der Waals surface area contributed by atoms with Crippen molar-refractivity contribution in [3.63, 3.8) is 0 Å². The molecule has 3 aliphatic rings. The van der Waals surface area contributed by atoms with Crippen LogP contribution in [0.1, 0.15) is 48.9 Å². The molecule has 4 rings (SSSR count). The summed E-state index contributed by atoms with van der Waals surface area (Å²) >= 11 is 0. The lowest BCUT2D eigenvalue weighted by molar-refractivity contribution is -0.140. The van der Waals surface area contributed by atoms with Crippen LogP contribution in [0, 0.1) is 11.8 Å². The Balaban J connectivity index is 1.37. The maximum absolute atomic E-state index is 12.9. The van der Waals surface area contributed by atoms with Gasteiger partial charge in [0.15, 0.2) is 0 Å². The van der Waals surface area contributed by atoms with Gasteiger partial charge in [-0.2, -0.15) is 0 Å². The molecule has 0 unspecified atom stereocenters. The summed E-state index contributed by atoms with van der Waals surface area (Å²) < 4.78 is 0. The molecule has 7 heteroatoms. The highest BCUT2D eigenvalue weighted by molar-refractivity contribution is 6.06. The number of carbonyl (C=O) groups is 4. The molecule has 158 valence electrons. The number of nitrogens with one attached hydrogen (secondary N) is 1. The standard InChI is InChI=1S/C23H27N3O4/c27-20(12-15-26-22(29)16-8-2-3-9-17(16)23(26)30)24-19-11-5-4-10-18(19)21(28)25-13-6-1-7-14-25/h2-5,10-11,16-17H,1,6-9,12-15H2,(H,24,27)/t16-,17-/m1/s1. The minimum Gasteiger partial charge on any atom is -0.339 e. The van der Waals surface area contributed by atoms with Crippen LogP contribution in [0.25, 0.3) is 0 Å². The van der Waals surface area contributed by atoms with Gasteiger partial charge >= 0.3 is 0 Å². The lowest BCUT2D eigenvalue weighted by atomic mass is 9.85. The van der Waals surface area contributed by atoms with Crippen molar-refractivity contribution in [3.05, 3.63) is 42.0 Å². The molecule has 2 atom stereocenters. The Morgan fingerprint density at radius 3 is 2.23 bits per heavy atom. The van der Waals surface area contributed by atoms with Gasteiger partial charge in [0.25, 0.3) is 5.91 Å². The van der Waals surface area contributed by atoms with E-state index in [2.05, 4.69) is 5.32 Å². The number of likely N-dealkylation sites (tertiary alicyclic amines) is 2. The Morgan fingerprint density at radius 2 is 1.57 bits per heavy atom. The number of hydrogen-bond donors (Lipinski definition) is 1. The fourth-order valence-electron chi connectivity index (χ4n) is 4.56. The summed E-state index contributed by atoms with van der Waals surface area (Å²) in [7, 11) is 0. The van der Waals surface area contributed by atoms with Gasteiger partial charge in [0.05, 0.1) is 23.1 Å². The van der Waals surface area contributed by atoms with Crippen molar-refractivity contribution in [1.82, 2.24) is 9.80 Å². The highest BCUT2D eigenvalue weighted by Gasteiger charge is 2.46. The van der Waals surface area contributed by atoms with E-state index in [0.29, 0.717) is 24.1 Å². The first kappa shape index (κ1) is 20.3. The van der Waals surface area contributed by atoms with Gasteiger partial charge in [-0.05, 0) is 44.2 Å². The molecule has 0 radical (unpaired) electrons. The first-order valence-corrected chi connectivity index (χ1v) is 10.7. The molecule has 2 aliphatic heterocycles. The third kappa shape index (κ3) is 4.01. The molecule has 1 aromatic carbocycles. The predicted molar refractivity (Wildman–Crippen MR) is 112 cm³/mol. The van der Waals surface area contributed by atoms with E-state index in [-0.39, 0.29) is 48.4 Å². The maximum atomic E-state index is 12.9. The molecular weight excluding hydrogens is 382 g/mol. The second-order valence-electron chi connectivity index (χ2n) is 8.18. The van der Waals surface area contributed by atoms with Crippen LogP contribution < -0.4 is 5.32 Å². The van der Waals surface area contributed by atoms with Crippen LogP contribution in [0.2, 0.25) is 0 Å². The average Bonchev–Trinajstić information content (AvgIpc) is 3.03. The highest BCUT2D eigenvalue weighted by atomic mass is 16.2. The van der Waals surface area contributed by atoms with Gasteiger partial charge in [0.2, 0.25) is 17.7 Å². The molecule has 1 aromatic rings. The number of imide groups is 1. The number of rotatable bonds is 5. The second kappa shape index (κ2) is 8.81. The van der Waals surface area contributed by atoms with E-state index in [1.807, 2.05) is 17.1 Å². The smallest absolute Gasteiger partial charge is 0.255 e. The van der Waals surface area contributed by atoms with Crippen LogP contribution in [-0.4, -0.2) is 53.1 Å². The maximum Gasteiger partial charge on any atom is 0.255 e.